The second-order valence-electron chi connectivity index (χ2n) is 5.92. The van der Waals surface area contributed by atoms with Crippen molar-refractivity contribution < 1.29 is 29.6 Å². The van der Waals surface area contributed by atoms with E-state index in [0.29, 0.717) is 0 Å². The van der Waals surface area contributed by atoms with Gasteiger partial charge in [-0.3, -0.25) is 4.79 Å². The van der Waals surface area contributed by atoms with Crippen molar-refractivity contribution in [2.45, 2.75) is 58.5 Å². The zero-order chi connectivity index (χ0) is 15.2. The highest BCUT2D eigenvalue weighted by molar-refractivity contribution is 5.70. The first kappa shape index (κ1) is 18.3. The fourth-order valence-corrected chi connectivity index (χ4v) is 1.47. The normalized spacial score (nSPS) is 18.5. The SMILES string of the molecule is COC(COC(=O)CC(C)(C)C)C(O)C(O)C(C)O. The Morgan fingerprint density at radius 2 is 1.68 bits per heavy atom. The maximum Gasteiger partial charge on any atom is 0.306 e. The van der Waals surface area contributed by atoms with Gasteiger partial charge in [0.1, 0.15) is 24.9 Å². The van der Waals surface area contributed by atoms with Crippen LogP contribution in [0.3, 0.4) is 0 Å². The number of esters is 1. The largest absolute Gasteiger partial charge is 0.463 e. The molecular formula is C13H26O6. The zero-order valence-corrected chi connectivity index (χ0v) is 12.3. The summed E-state index contributed by atoms with van der Waals surface area (Å²) < 4.78 is 9.97. The van der Waals surface area contributed by atoms with Crippen molar-refractivity contribution in [3.8, 4) is 0 Å². The van der Waals surface area contributed by atoms with Crippen LogP contribution in [0.2, 0.25) is 0 Å². The number of aliphatic hydroxyl groups is 3. The first-order valence-electron chi connectivity index (χ1n) is 6.31. The monoisotopic (exact) mass is 278 g/mol. The average molecular weight is 278 g/mol. The first-order valence-corrected chi connectivity index (χ1v) is 6.31. The standard InChI is InChI=1S/C13H26O6/c1-8(14)11(16)12(17)9(18-5)7-19-10(15)6-13(2,3)4/h8-9,11-12,14,16-17H,6-7H2,1-5H3. The maximum atomic E-state index is 11.5. The lowest BCUT2D eigenvalue weighted by Crippen LogP contribution is -2.46. The molecule has 3 N–H and O–H groups in total. The van der Waals surface area contributed by atoms with Gasteiger partial charge in [-0.05, 0) is 12.3 Å². The smallest absolute Gasteiger partial charge is 0.306 e. The lowest BCUT2D eigenvalue weighted by molar-refractivity contribution is -0.159. The molecule has 0 saturated carbocycles. The molecule has 0 radical (unpaired) electrons. The summed E-state index contributed by atoms with van der Waals surface area (Å²) in [4.78, 5) is 11.5. The topological polar surface area (TPSA) is 96.2 Å². The zero-order valence-electron chi connectivity index (χ0n) is 12.3. The molecule has 0 bridgehead atoms. The summed E-state index contributed by atoms with van der Waals surface area (Å²) >= 11 is 0. The van der Waals surface area contributed by atoms with Crippen molar-refractivity contribution in [1.82, 2.24) is 0 Å². The van der Waals surface area contributed by atoms with Gasteiger partial charge in [-0.25, -0.2) is 0 Å². The van der Waals surface area contributed by atoms with E-state index in [9.17, 15) is 20.1 Å². The molecule has 0 heterocycles. The van der Waals surface area contributed by atoms with E-state index in [1.165, 1.54) is 14.0 Å². The van der Waals surface area contributed by atoms with Gasteiger partial charge in [0.15, 0.2) is 0 Å². The highest BCUT2D eigenvalue weighted by Gasteiger charge is 2.30. The lowest BCUT2D eigenvalue weighted by atomic mass is 9.92. The summed E-state index contributed by atoms with van der Waals surface area (Å²) in [6.45, 7) is 6.92. The summed E-state index contributed by atoms with van der Waals surface area (Å²) in [5, 5.41) is 28.5. The number of carbonyl (C=O) groups excluding carboxylic acids is 1. The second kappa shape index (κ2) is 7.79. The summed E-state index contributed by atoms with van der Waals surface area (Å²) in [6, 6.07) is 0. The van der Waals surface area contributed by atoms with Gasteiger partial charge in [-0.2, -0.15) is 0 Å². The number of aliphatic hydroxyl groups excluding tert-OH is 3. The molecule has 6 heteroatoms. The predicted molar refractivity (Wildman–Crippen MR) is 69.5 cm³/mol. The molecule has 0 aromatic rings. The molecule has 0 rings (SSSR count). The Kier molecular flexibility index (Phi) is 7.51. The Morgan fingerprint density at radius 1 is 1.16 bits per heavy atom. The lowest BCUT2D eigenvalue weighted by Gasteiger charge is -2.27. The van der Waals surface area contributed by atoms with Crippen molar-refractivity contribution in [2.24, 2.45) is 5.41 Å². The van der Waals surface area contributed by atoms with Crippen molar-refractivity contribution in [3.63, 3.8) is 0 Å². The Balaban J connectivity index is 4.31. The van der Waals surface area contributed by atoms with Gasteiger partial charge in [0, 0.05) is 7.11 Å². The van der Waals surface area contributed by atoms with E-state index in [2.05, 4.69) is 0 Å². The molecule has 4 atom stereocenters. The summed E-state index contributed by atoms with van der Waals surface area (Å²) in [6.07, 6.45) is -4.41. The molecule has 0 spiro atoms. The molecule has 0 aliphatic rings. The fourth-order valence-electron chi connectivity index (χ4n) is 1.47. The predicted octanol–water partition coefficient (Wildman–Crippen LogP) is 0.0834. The minimum Gasteiger partial charge on any atom is -0.463 e. The van der Waals surface area contributed by atoms with Crippen molar-refractivity contribution >= 4 is 5.97 Å². The molecule has 0 aliphatic carbocycles. The van der Waals surface area contributed by atoms with Crippen molar-refractivity contribution in [2.75, 3.05) is 13.7 Å². The Labute approximate surface area is 114 Å². The molecule has 4 unspecified atom stereocenters. The first-order chi connectivity index (χ1) is 8.58. The average Bonchev–Trinajstić information content (AvgIpc) is 2.25. The quantitative estimate of drug-likeness (QED) is 0.571. The number of carbonyl (C=O) groups is 1. The molecule has 0 aromatic carbocycles. The molecule has 0 saturated heterocycles. The van der Waals surface area contributed by atoms with E-state index in [0.717, 1.165) is 0 Å². The van der Waals surface area contributed by atoms with E-state index in [-0.39, 0.29) is 18.4 Å². The summed E-state index contributed by atoms with van der Waals surface area (Å²) in [7, 11) is 1.33. The fraction of sp³-hybridized carbons (Fsp3) is 0.923. The Morgan fingerprint density at radius 3 is 2.05 bits per heavy atom. The third kappa shape index (κ3) is 7.47. The summed E-state index contributed by atoms with van der Waals surface area (Å²) in [5.41, 5.74) is -0.183. The van der Waals surface area contributed by atoms with E-state index >= 15 is 0 Å². The Bertz CT molecular complexity index is 271. The third-order valence-electron chi connectivity index (χ3n) is 2.61. The van der Waals surface area contributed by atoms with Gasteiger partial charge in [0.25, 0.3) is 0 Å². The van der Waals surface area contributed by atoms with E-state index in [4.69, 9.17) is 9.47 Å². The van der Waals surface area contributed by atoms with Gasteiger partial charge >= 0.3 is 5.97 Å². The van der Waals surface area contributed by atoms with Crippen LogP contribution >= 0.6 is 0 Å². The summed E-state index contributed by atoms with van der Waals surface area (Å²) in [5.74, 6) is -0.395. The Hall–Kier alpha value is -0.690. The van der Waals surface area contributed by atoms with Crippen LogP contribution in [0, 0.1) is 5.41 Å². The van der Waals surface area contributed by atoms with E-state index in [1.54, 1.807) is 0 Å². The molecule has 0 aliphatic heterocycles. The third-order valence-corrected chi connectivity index (χ3v) is 2.61. The number of hydrogen-bond acceptors (Lipinski definition) is 6. The minimum atomic E-state index is -1.36. The van der Waals surface area contributed by atoms with Gasteiger partial charge in [0.2, 0.25) is 0 Å². The number of ether oxygens (including phenoxy) is 2. The molecule has 19 heavy (non-hydrogen) atoms. The molecular weight excluding hydrogens is 252 g/mol. The van der Waals surface area contributed by atoms with E-state index < -0.39 is 30.4 Å². The van der Waals surface area contributed by atoms with Crippen LogP contribution in [0.1, 0.15) is 34.1 Å². The van der Waals surface area contributed by atoms with Gasteiger partial charge in [-0.1, -0.05) is 20.8 Å². The van der Waals surface area contributed by atoms with Gasteiger partial charge in [0.05, 0.1) is 12.5 Å². The highest BCUT2D eigenvalue weighted by Crippen LogP contribution is 2.19. The van der Waals surface area contributed by atoms with Crippen LogP contribution in [0.4, 0.5) is 0 Å². The van der Waals surface area contributed by atoms with Crippen LogP contribution in [-0.4, -0.2) is 59.4 Å². The number of rotatable bonds is 7. The molecule has 0 amide bonds. The second-order valence-corrected chi connectivity index (χ2v) is 5.92. The maximum absolute atomic E-state index is 11.5. The molecule has 0 fully saturated rings. The van der Waals surface area contributed by atoms with Crippen LogP contribution in [0.15, 0.2) is 0 Å². The minimum absolute atomic E-state index is 0.170. The number of methoxy groups -OCH3 is 1. The van der Waals surface area contributed by atoms with Crippen LogP contribution < -0.4 is 0 Å². The van der Waals surface area contributed by atoms with Gasteiger partial charge < -0.3 is 24.8 Å². The highest BCUT2D eigenvalue weighted by atomic mass is 16.6. The molecule has 0 aromatic heterocycles. The van der Waals surface area contributed by atoms with Gasteiger partial charge in [-0.15, -0.1) is 0 Å². The number of hydrogen-bond donors (Lipinski definition) is 3. The molecule has 6 nitrogen and oxygen atoms in total. The van der Waals surface area contributed by atoms with E-state index in [1.807, 2.05) is 20.8 Å². The van der Waals surface area contributed by atoms with Crippen LogP contribution in [0.25, 0.3) is 0 Å². The van der Waals surface area contributed by atoms with Crippen molar-refractivity contribution in [1.29, 1.82) is 0 Å². The van der Waals surface area contributed by atoms with Crippen LogP contribution in [0.5, 0.6) is 0 Å². The van der Waals surface area contributed by atoms with Crippen molar-refractivity contribution in [3.05, 3.63) is 0 Å². The molecule has 114 valence electrons. The van der Waals surface area contributed by atoms with Crippen LogP contribution in [-0.2, 0) is 14.3 Å².